The fraction of sp³-hybridized carbons (Fsp3) is 0.714. The van der Waals surface area contributed by atoms with Crippen LogP contribution in [0.4, 0.5) is 0 Å². The highest BCUT2D eigenvalue weighted by atomic mass is 32.2. The summed E-state index contributed by atoms with van der Waals surface area (Å²) in [7, 11) is 0. The molecular weight excluding hydrogens is 176 g/mol. The number of carbonyl (C=O) groups excluding carboxylic acids is 2. The van der Waals surface area contributed by atoms with Crippen LogP contribution in [-0.2, 0) is 9.59 Å². The number of rotatable bonds is 3. The van der Waals surface area contributed by atoms with Crippen LogP contribution in [0.2, 0.25) is 0 Å². The van der Waals surface area contributed by atoms with Gasteiger partial charge in [-0.2, -0.15) is 0 Å². The van der Waals surface area contributed by atoms with Gasteiger partial charge < -0.3 is 10.6 Å². The van der Waals surface area contributed by atoms with Crippen molar-refractivity contribution in [3.63, 3.8) is 0 Å². The minimum absolute atomic E-state index is 0.335. The van der Waals surface area contributed by atoms with Gasteiger partial charge in [-0.15, -0.1) is 0 Å². The molecule has 0 aromatic heterocycles. The Hall–Kier alpha value is -0.550. The number of nitrogens with zero attached hydrogens (tertiary/aromatic N) is 1. The summed E-state index contributed by atoms with van der Waals surface area (Å²) in [5.74, 6) is 0.356. The third kappa shape index (κ3) is 2.22. The average Bonchev–Trinajstić information content (AvgIpc) is 2.08. The Kier molecular flexibility index (Phi) is 3.55. The fourth-order valence-electron chi connectivity index (χ4n) is 1.04. The lowest BCUT2D eigenvalue weighted by molar-refractivity contribution is -0.140. The van der Waals surface area contributed by atoms with E-state index in [1.807, 2.05) is 0 Å². The first-order chi connectivity index (χ1) is 5.75. The number of thioether (sulfide) groups is 1. The molecule has 0 aromatic carbocycles. The maximum absolute atomic E-state index is 11.1. The number of carbonyl (C=O) groups is 2. The summed E-state index contributed by atoms with van der Waals surface area (Å²) in [6, 6.07) is 0. The molecule has 1 fully saturated rings. The van der Waals surface area contributed by atoms with Gasteiger partial charge in [0, 0.05) is 18.8 Å². The van der Waals surface area contributed by atoms with Crippen LogP contribution in [0.15, 0.2) is 0 Å². The van der Waals surface area contributed by atoms with Gasteiger partial charge in [0.1, 0.15) is 0 Å². The van der Waals surface area contributed by atoms with Crippen molar-refractivity contribution >= 4 is 22.8 Å². The zero-order valence-electron chi connectivity index (χ0n) is 6.78. The second kappa shape index (κ2) is 4.47. The van der Waals surface area contributed by atoms with Gasteiger partial charge in [-0.3, -0.25) is 9.59 Å². The lowest BCUT2D eigenvalue weighted by atomic mass is 10.3. The molecule has 4 nitrogen and oxygen atoms in total. The Morgan fingerprint density at radius 1 is 1.50 bits per heavy atom. The van der Waals surface area contributed by atoms with E-state index in [0.29, 0.717) is 19.6 Å². The summed E-state index contributed by atoms with van der Waals surface area (Å²) in [4.78, 5) is 23.6. The predicted molar refractivity (Wildman–Crippen MR) is 47.7 cm³/mol. The molecule has 0 atom stereocenters. The Labute approximate surface area is 75.5 Å². The monoisotopic (exact) mass is 188 g/mol. The number of hydrogen-bond acceptors (Lipinski definition) is 4. The maximum Gasteiger partial charge on any atom is 0.301 e. The van der Waals surface area contributed by atoms with Gasteiger partial charge in [-0.1, -0.05) is 11.8 Å². The molecule has 1 saturated heterocycles. The molecule has 2 N–H and O–H groups in total. The fourth-order valence-corrected chi connectivity index (χ4v) is 1.79. The molecule has 1 aliphatic heterocycles. The molecule has 68 valence electrons. The van der Waals surface area contributed by atoms with Gasteiger partial charge in [-0.25, -0.2) is 0 Å². The molecule has 12 heavy (non-hydrogen) atoms. The van der Waals surface area contributed by atoms with Crippen LogP contribution in [0.25, 0.3) is 0 Å². The molecule has 5 heteroatoms. The minimum Gasteiger partial charge on any atom is -0.334 e. The van der Waals surface area contributed by atoms with Crippen LogP contribution in [-0.4, -0.2) is 41.3 Å². The topological polar surface area (TPSA) is 63.4 Å². The van der Waals surface area contributed by atoms with E-state index in [1.54, 1.807) is 4.90 Å². The lowest BCUT2D eigenvalue weighted by Gasteiger charge is -2.24. The van der Waals surface area contributed by atoms with E-state index in [0.717, 1.165) is 23.9 Å². The second-order valence-corrected chi connectivity index (χ2v) is 3.64. The van der Waals surface area contributed by atoms with Crippen molar-refractivity contribution < 1.29 is 9.59 Å². The summed E-state index contributed by atoms with van der Waals surface area (Å²) in [5.41, 5.74) is 5.30. The first-order valence-corrected chi connectivity index (χ1v) is 4.90. The Morgan fingerprint density at radius 3 is 2.92 bits per heavy atom. The number of hydrogen-bond donors (Lipinski definition) is 1. The molecule has 0 bridgehead atoms. The van der Waals surface area contributed by atoms with E-state index in [1.165, 1.54) is 0 Å². The summed E-state index contributed by atoms with van der Waals surface area (Å²) < 4.78 is 0. The normalized spacial score (nSPS) is 18.6. The van der Waals surface area contributed by atoms with E-state index in [9.17, 15) is 9.59 Å². The van der Waals surface area contributed by atoms with Crippen LogP contribution < -0.4 is 5.73 Å². The van der Waals surface area contributed by atoms with Crippen molar-refractivity contribution in [3.8, 4) is 0 Å². The van der Waals surface area contributed by atoms with Crippen molar-refractivity contribution in [1.82, 2.24) is 4.90 Å². The summed E-state index contributed by atoms with van der Waals surface area (Å²) in [5, 5.41) is -0.335. The standard InChI is InChI=1S/C7H12N2O2S/c8-2-1-3-9-4-5-12-7(11)6(9)10/h1-5,8H2. The van der Waals surface area contributed by atoms with E-state index in [2.05, 4.69) is 0 Å². The summed E-state index contributed by atoms with van der Waals surface area (Å²) >= 11 is 1.10. The van der Waals surface area contributed by atoms with E-state index in [-0.39, 0.29) is 11.0 Å². The van der Waals surface area contributed by atoms with E-state index >= 15 is 0 Å². The summed E-state index contributed by atoms with van der Waals surface area (Å²) in [6.07, 6.45) is 0.768. The quantitative estimate of drug-likeness (QED) is 0.603. The van der Waals surface area contributed by atoms with Crippen LogP contribution in [0.5, 0.6) is 0 Å². The van der Waals surface area contributed by atoms with E-state index in [4.69, 9.17) is 5.73 Å². The largest absolute Gasteiger partial charge is 0.334 e. The lowest BCUT2D eigenvalue weighted by Crippen LogP contribution is -2.42. The first-order valence-electron chi connectivity index (χ1n) is 3.92. The van der Waals surface area contributed by atoms with Crippen molar-refractivity contribution in [2.24, 2.45) is 5.73 Å². The molecule has 0 spiro atoms. The van der Waals surface area contributed by atoms with Crippen molar-refractivity contribution in [3.05, 3.63) is 0 Å². The van der Waals surface area contributed by atoms with Gasteiger partial charge >= 0.3 is 5.91 Å². The molecule has 0 aliphatic carbocycles. The maximum atomic E-state index is 11.1. The van der Waals surface area contributed by atoms with Gasteiger partial charge in [0.2, 0.25) is 0 Å². The van der Waals surface area contributed by atoms with Crippen LogP contribution in [0.3, 0.4) is 0 Å². The van der Waals surface area contributed by atoms with Crippen LogP contribution in [0.1, 0.15) is 6.42 Å². The smallest absolute Gasteiger partial charge is 0.301 e. The predicted octanol–water partition coefficient (Wildman–Crippen LogP) is -0.563. The highest BCUT2D eigenvalue weighted by molar-refractivity contribution is 8.15. The summed E-state index contributed by atoms with van der Waals surface area (Å²) in [6.45, 7) is 1.85. The van der Waals surface area contributed by atoms with E-state index < -0.39 is 0 Å². The zero-order chi connectivity index (χ0) is 8.97. The Balaban J connectivity index is 2.41. The average molecular weight is 188 g/mol. The molecule has 0 unspecified atom stereocenters. The number of nitrogens with two attached hydrogens (primary N) is 1. The van der Waals surface area contributed by atoms with Crippen molar-refractivity contribution in [1.29, 1.82) is 0 Å². The van der Waals surface area contributed by atoms with Gasteiger partial charge in [0.15, 0.2) is 0 Å². The molecule has 1 aliphatic rings. The molecule has 0 aromatic rings. The Bertz CT molecular complexity index is 196. The van der Waals surface area contributed by atoms with Crippen LogP contribution in [0, 0.1) is 0 Å². The van der Waals surface area contributed by atoms with Crippen molar-refractivity contribution in [2.75, 3.05) is 25.4 Å². The van der Waals surface area contributed by atoms with Gasteiger partial charge in [0.25, 0.3) is 5.12 Å². The van der Waals surface area contributed by atoms with Gasteiger partial charge in [0.05, 0.1) is 0 Å². The van der Waals surface area contributed by atoms with Gasteiger partial charge in [-0.05, 0) is 13.0 Å². The number of amides is 1. The highest BCUT2D eigenvalue weighted by Gasteiger charge is 2.25. The van der Waals surface area contributed by atoms with Crippen LogP contribution >= 0.6 is 11.8 Å². The first kappa shape index (κ1) is 9.54. The minimum atomic E-state index is -0.361. The third-order valence-corrected chi connectivity index (χ3v) is 2.51. The zero-order valence-corrected chi connectivity index (χ0v) is 7.60. The molecule has 1 rings (SSSR count). The molecular formula is C7H12N2O2S. The second-order valence-electron chi connectivity index (χ2n) is 2.57. The van der Waals surface area contributed by atoms with Crippen molar-refractivity contribution in [2.45, 2.75) is 6.42 Å². The molecule has 1 amide bonds. The molecule has 0 radical (unpaired) electrons. The Morgan fingerprint density at radius 2 is 2.25 bits per heavy atom. The highest BCUT2D eigenvalue weighted by Crippen LogP contribution is 2.12. The molecule has 1 heterocycles. The molecule has 0 saturated carbocycles. The SMILES string of the molecule is NCCCN1CCSC(=O)C1=O. The third-order valence-electron chi connectivity index (χ3n) is 1.69.